The van der Waals surface area contributed by atoms with Gasteiger partial charge in [0, 0.05) is 7.05 Å². The molecule has 0 saturated carbocycles. The Hall–Kier alpha value is -3.42. The van der Waals surface area contributed by atoms with Gasteiger partial charge in [-0.05, 0) is 46.8 Å². The Bertz CT molecular complexity index is 1700. The van der Waals surface area contributed by atoms with E-state index in [-0.39, 0.29) is 28.7 Å². The summed E-state index contributed by atoms with van der Waals surface area (Å²) in [6, 6.07) is 7.94. The van der Waals surface area contributed by atoms with Gasteiger partial charge in [0.1, 0.15) is 23.0 Å². The first-order chi connectivity index (χ1) is 20.7. The van der Waals surface area contributed by atoms with Gasteiger partial charge in [-0.1, -0.05) is 18.2 Å². The van der Waals surface area contributed by atoms with Crippen LogP contribution in [0.3, 0.4) is 0 Å². The summed E-state index contributed by atoms with van der Waals surface area (Å²) >= 11 is 0. The molecule has 248 valence electrons. The molecule has 0 radical (unpaired) electrons. The Morgan fingerprint density at radius 2 is 1.91 bits per heavy atom. The molecule has 1 aliphatic rings. The van der Waals surface area contributed by atoms with Crippen LogP contribution >= 0.6 is 7.75 Å². The number of ether oxygens (including phenoxy) is 2. The normalized spacial score (nSPS) is 23.6. The Morgan fingerprint density at radius 3 is 2.51 bits per heavy atom. The number of nitrogens with one attached hydrogen (secondary N) is 2. The molecule has 1 saturated heterocycles. The number of aromatic nitrogens is 4. The number of imidazole rings is 1. The second-order valence-electron chi connectivity index (χ2n) is 11.4. The number of carbonyl (C=O) groups excluding carboxylic acids is 1. The zero-order valence-electron chi connectivity index (χ0n) is 25.6. The van der Waals surface area contributed by atoms with E-state index in [0.29, 0.717) is 0 Å². The summed E-state index contributed by atoms with van der Waals surface area (Å²) in [6.07, 6.45) is -3.44. The number of sulfonamides is 1. The quantitative estimate of drug-likeness (QED) is 0.101. The molecule has 1 fully saturated rings. The second kappa shape index (κ2) is 12.4. The molecule has 4 rings (SSSR count). The fraction of sp³-hybridized carbons (Fsp3) is 0.520. The highest BCUT2D eigenvalue weighted by atomic mass is 32.2. The lowest BCUT2D eigenvalue weighted by Crippen LogP contribution is -2.49. The molecule has 0 aliphatic carbocycles. The number of anilines is 2. The number of hydrogen-bond donors (Lipinski definition) is 5. The maximum atomic E-state index is 14.2. The fourth-order valence-corrected chi connectivity index (χ4v) is 6.72. The number of nitrogens with zero attached hydrogens (tertiary/aromatic N) is 5. The lowest BCUT2D eigenvalue weighted by Gasteiger charge is -2.31. The molecule has 3 unspecified atom stereocenters. The van der Waals surface area contributed by atoms with Crippen LogP contribution in [0.5, 0.6) is 5.75 Å². The van der Waals surface area contributed by atoms with Gasteiger partial charge in [-0.2, -0.15) is 15.1 Å². The number of esters is 1. The van der Waals surface area contributed by atoms with Gasteiger partial charge in [0.25, 0.3) is 0 Å². The van der Waals surface area contributed by atoms with E-state index in [2.05, 4.69) is 24.9 Å². The van der Waals surface area contributed by atoms with Gasteiger partial charge in [-0.15, -0.1) is 4.83 Å². The smallest absolute Gasteiger partial charge is 0.462 e. The van der Waals surface area contributed by atoms with E-state index in [1.165, 1.54) is 50.8 Å². The third-order valence-corrected chi connectivity index (χ3v) is 8.77. The summed E-state index contributed by atoms with van der Waals surface area (Å²) in [6.45, 7) is 7.35. The van der Waals surface area contributed by atoms with Gasteiger partial charge in [0.05, 0.1) is 18.7 Å². The SMILES string of the molecule is CC(C)OC(=O)C(C)(C)NP(=O)(Oc1ccccc1)OC1O[C@@H](n2cnc3c(N(C)NS(C)(=O)=O)nc(N)nc32)[C@](C)(O)C1O. The standard InChI is InChI=1S/C25H37N8O10PS/c1-14(2)40-22(35)24(3,4)30-44(37,42-15-11-9-8-10-12-15)43-20-17(34)25(5,36)21(41-20)33-13-27-16-18(28-23(26)29-19(16)33)32(6)31-45(7,38)39/h8-14,17,20-21,31,34,36H,1-7H3,(H,30,37)(H2,26,28,29)/t17?,20?,21-,25-,44?/m1/s1. The molecule has 20 heteroatoms. The molecular formula is C25H37N8O10PS. The highest BCUT2D eigenvalue weighted by Gasteiger charge is 2.57. The van der Waals surface area contributed by atoms with Crippen LogP contribution in [0.1, 0.15) is 40.8 Å². The van der Waals surface area contributed by atoms with Crippen LogP contribution in [0.4, 0.5) is 11.8 Å². The van der Waals surface area contributed by atoms with Gasteiger partial charge in [-0.3, -0.25) is 18.9 Å². The summed E-state index contributed by atoms with van der Waals surface area (Å²) in [5.74, 6) is -0.950. The van der Waals surface area contributed by atoms with Crippen molar-refractivity contribution in [2.24, 2.45) is 0 Å². The Morgan fingerprint density at radius 1 is 1.27 bits per heavy atom. The number of para-hydroxylation sites is 1. The van der Waals surface area contributed by atoms with E-state index in [1.807, 2.05) is 0 Å². The van der Waals surface area contributed by atoms with Crippen LogP contribution in [0.25, 0.3) is 11.2 Å². The molecule has 0 spiro atoms. The molecule has 5 atom stereocenters. The summed E-state index contributed by atoms with van der Waals surface area (Å²) in [7, 11) is -6.93. The molecule has 45 heavy (non-hydrogen) atoms. The number of hydrazine groups is 1. The third-order valence-electron chi connectivity index (χ3n) is 6.39. The largest absolute Gasteiger partial charge is 0.462 e. The number of rotatable bonds is 12. The van der Waals surface area contributed by atoms with Crippen LogP contribution in [-0.4, -0.2) is 87.1 Å². The zero-order valence-corrected chi connectivity index (χ0v) is 27.3. The molecule has 0 amide bonds. The first-order valence-electron chi connectivity index (χ1n) is 13.5. The first-order valence-corrected chi connectivity index (χ1v) is 17.0. The second-order valence-corrected chi connectivity index (χ2v) is 14.7. The minimum Gasteiger partial charge on any atom is -0.462 e. The van der Waals surface area contributed by atoms with E-state index in [0.717, 1.165) is 11.3 Å². The number of fused-ring (bicyclic) bond motifs is 1. The number of benzene rings is 1. The molecule has 0 bridgehead atoms. The van der Waals surface area contributed by atoms with Gasteiger partial charge in [0.2, 0.25) is 22.3 Å². The summed E-state index contributed by atoms with van der Waals surface area (Å²) < 4.78 is 61.6. The minimum atomic E-state index is -4.59. The summed E-state index contributed by atoms with van der Waals surface area (Å²) in [5.41, 5.74) is 2.22. The Labute approximate surface area is 259 Å². The van der Waals surface area contributed by atoms with Crippen molar-refractivity contribution in [1.29, 1.82) is 0 Å². The average Bonchev–Trinajstić information content (AvgIpc) is 3.40. The Kier molecular flexibility index (Phi) is 9.50. The predicted octanol–water partition coefficient (Wildman–Crippen LogP) is 0.799. The molecule has 18 nitrogen and oxygen atoms in total. The minimum absolute atomic E-state index is 0.00261. The average molecular weight is 673 g/mol. The van der Waals surface area contributed by atoms with Crippen LogP contribution < -0.4 is 25.2 Å². The van der Waals surface area contributed by atoms with Crippen molar-refractivity contribution in [1.82, 2.24) is 29.4 Å². The summed E-state index contributed by atoms with van der Waals surface area (Å²) in [4.78, 5) is 27.5. The van der Waals surface area contributed by atoms with Crippen LogP contribution in [0.15, 0.2) is 36.7 Å². The van der Waals surface area contributed by atoms with E-state index in [9.17, 15) is 28.0 Å². The topological polar surface area (TPSA) is 243 Å². The van der Waals surface area contributed by atoms with Gasteiger partial charge >= 0.3 is 13.7 Å². The maximum absolute atomic E-state index is 14.2. The molecule has 3 aromatic rings. The van der Waals surface area contributed by atoms with Crippen LogP contribution in [0, 0.1) is 0 Å². The predicted molar refractivity (Wildman–Crippen MR) is 161 cm³/mol. The number of carbonyl (C=O) groups is 1. The molecule has 1 aliphatic heterocycles. The molecule has 2 aromatic heterocycles. The fourth-order valence-electron chi connectivity index (χ4n) is 4.38. The molecule has 1 aromatic carbocycles. The number of aliphatic hydroxyl groups excluding tert-OH is 1. The maximum Gasteiger partial charge on any atom is 0.462 e. The van der Waals surface area contributed by atoms with Crippen LogP contribution in [-0.2, 0) is 33.4 Å². The number of nitrogen functional groups attached to an aromatic ring is 1. The van der Waals surface area contributed by atoms with Gasteiger partial charge in [-0.25, -0.2) is 18.0 Å². The summed E-state index contributed by atoms with van der Waals surface area (Å²) in [5, 5.41) is 26.2. The lowest BCUT2D eigenvalue weighted by atomic mass is 9.99. The van der Waals surface area contributed by atoms with Gasteiger partial charge in [0.15, 0.2) is 23.2 Å². The van der Waals surface area contributed by atoms with E-state index >= 15 is 0 Å². The molecule has 3 heterocycles. The van der Waals surface area contributed by atoms with E-state index in [1.54, 1.807) is 32.0 Å². The van der Waals surface area contributed by atoms with Crippen molar-refractivity contribution in [3.63, 3.8) is 0 Å². The number of nitrogens with two attached hydrogens (primary N) is 1. The highest BCUT2D eigenvalue weighted by Crippen LogP contribution is 2.52. The van der Waals surface area contributed by atoms with Crippen molar-refractivity contribution in [3.05, 3.63) is 36.7 Å². The monoisotopic (exact) mass is 672 g/mol. The number of hydrogen-bond acceptors (Lipinski definition) is 15. The van der Waals surface area contributed by atoms with Crippen molar-refractivity contribution in [2.45, 2.75) is 70.5 Å². The van der Waals surface area contributed by atoms with Crippen molar-refractivity contribution < 1.29 is 46.5 Å². The number of aliphatic hydroxyl groups is 2. The lowest BCUT2D eigenvalue weighted by molar-refractivity contribution is -0.154. The van der Waals surface area contributed by atoms with Crippen molar-refractivity contribution in [2.75, 3.05) is 24.0 Å². The van der Waals surface area contributed by atoms with Crippen LogP contribution in [0.2, 0.25) is 0 Å². The molecular weight excluding hydrogens is 635 g/mol. The highest BCUT2D eigenvalue weighted by molar-refractivity contribution is 7.88. The van der Waals surface area contributed by atoms with Gasteiger partial charge < -0.3 is 29.9 Å². The van der Waals surface area contributed by atoms with Crippen molar-refractivity contribution >= 4 is 46.7 Å². The zero-order chi connectivity index (χ0) is 33.5. The molecule has 6 N–H and O–H groups in total. The third kappa shape index (κ3) is 7.70. The van der Waals surface area contributed by atoms with E-state index in [4.69, 9.17) is 24.3 Å². The van der Waals surface area contributed by atoms with E-state index < -0.39 is 59.6 Å². The first kappa shape index (κ1) is 34.5. The van der Waals surface area contributed by atoms with Crippen molar-refractivity contribution in [3.8, 4) is 5.75 Å². The Balaban J connectivity index is 1.69.